The zero-order valence-corrected chi connectivity index (χ0v) is 24.7. The summed E-state index contributed by atoms with van der Waals surface area (Å²) in [7, 11) is 1.94. The first-order valence-corrected chi connectivity index (χ1v) is 15.3. The first-order chi connectivity index (χ1) is 20.0. The molecule has 0 saturated carbocycles. The van der Waals surface area contributed by atoms with Crippen LogP contribution >= 0.6 is 23.5 Å². The van der Waals surface area contributed by atoms with E-state index >= 15 is 0 Å². The molecule has 0 aliphatic carbocycles. The molecule has 4 heterocycles. The number of morpholine rings is 1. The van der Waals surface area contributed by atoms with Crippen molar-refractivity contribution >= 4 is 34.9 Å². The number of fused-ring (bicyclic) bond motifs is 2. The highest BCUT2D eigenvalue weighted by molar-refractivity contribution is 8.05. The number of H-pyrrole nitrogens is 1. The number of aromatic amines is 1. The highest BCUT2D eigenvalue weighted by Gasteiger charge is 2.25. The van der Waals surface area contributed by atoms with Crippen LogP contribution in [-0.4, -0.2) is 54.8 Å². The fraction of sp³-hybridized carbons (Fsp3) is 0.300. The Bertz CT molecular complexity index is 1590. The lowest BCUT2D eigenvalue weighted by molar-refractivity contribution is 0.122. The number of hydrogen-bond acceptors (Lipinski definition) is 10. The zero-order valence-electron chi connectivity index (χ0n) is 23.1. The SMILES string of the molecule is CNCCC(c1cnc(C)cn1)N(N)c1ccc2c(c1)Sc1cccc(-c3cc(N4CCOCC4)cc(=O)[nH]3)c1S2. The molecule has 2 aromatic carbocycles. The van der Waals surface area contributed by atoms with Crippen molar-refractivity contribution in [3.8, 4) is 11.3 Å². The van der Waals surface area contributed by atoms with Gasteiger partial charge in [0.25, 0.3) is 0 Å². The van der Waals surface area contributed by atoms with Crippen LogP contribution in [0.2, 0.25) is 0 Å². The van der Waals surface area contributed by atoms with Crippen molar-refractivity contribution in [1.82, 2.24) is 20.3 Å². The van der Waals surface area contributed by atoms with E-state index in [-0.39, 0.29) is 11.6 Å². The Morgan fingerprint density at radius 3 is 2.71 bits per heavy atom. The topological polar surface area (TPSA) is 112 Å². The molecule has 2 aliphatic rings. The van der Waals surface area contributed by atoms with Crippen molar-refractivity contribution in [2.24, 2.45) is 5.84 Å². The van der Waals surface area contributed by atoms with E-state index in [2.05, 4.69) is 67.6 Å². The number of aryl methyl sites for hydroxylation is 1. The van der Waals surface area contributed by atoms with Crippen LogP contribution in [0, 0.1) is 6.92 Å². The van der Waals surface area contributed by atoms with E-state index < -0.39 is 0 Å². The number of hydrazine groups is 1. The number of hydrogen-bond donors (Lipinski definition) is 3. The number of nitrogens with one attached hydrogen (secondary N) is 2. The molecule has 41 heavy (non-hydrogen) atoms. The zero-order chi connectivity index (χ0) is 28.3. The second kappa shape index (κ2) is 12.3. The summed E-state index contributed by atoms with van der Waals surface area (Å²) >= 11 is 3.45. The molecular weight excluding hydrogens is 555 g/mol. The van der Waals surface area contributed by atoms with Gasteiger partial charge in [-0.2, -0.15) is 0 Å². The first-order valence-electron chi connectivity index (χ1n) is 13.7. The maximum atomic E-state index is 12.7. The molecule has 0 radical (unpaired) electrons. The molecule has 6 rings (SSSR count). The molecule has 4 N–H and O–H groups in total. The third-order valence-electron chi connectivity index (χ3n) is 7.28. The lowest BCUT2D eigenvalue weighted by Crippen LogP contribution is -2.37. The van der Waals surface area contributed by atoms with Crippen molar-refractivity contribution < 1.29 is 4.74 Å². The summed E-state index contributed by atoms with van der Waals surface area (Å²) in [5.74, 6) is 6.74. The number of pyridine rings is 1. The highest BCUT2D eigenvalue weighted by Crippen LogP contribution is 2.52. The van der Waals surface area contributed by atoms with Crippen molar-refractivity contribution in [2.45, 2.75) is 39.0 Å². The van der Waals surface area contributed by atoms with Crippen LogP contribution in [0.15, 0.2) is 85.3 Å². The number of rotatable bonds is 8. The molecule has 0 amide bonds. The number of nitrogens with zero attached hydrogens (tertiary/aromatic N) is 4. The van der Waals surface area contributed by atoms with Gasteiger partial charge in [-0.3, -0.25) is 14.8 Å². The summed E-state index contributed by atoms with van der Waals surface area (Å²) in [6, 6.07) is 16.2. The Labute approximate surface area is 247 Å². The Morgan fingerprint density at radius 1 is 1.07 bits per heavy atom. The summed E-state index contributed by atoms with van der Waals surface area (Å²) in [6.07, 6.45) is 4.39. The number of aromatic nitrogens is 3. The van der Waals surface area contributed by atoms with Gasteiger partial charge in [-0.1, -0.05) is 35.7 Å². The summed E-state index contributed by atoms with van der Waals surface area (Å²) in [5, 5.41) is 5.02. The van der Waals surface area contributed by atoms with Crippen LogP contribution in [-0.2, 0) is 4.74 Å². The largest absolute Gasteiger partial charge is 0.378 e. The van der Waals surface area contributed by atoms with Crippen LogP contribution in [0.25, 0.3) is 11.3 Å². The quantitative estimate of drug-likeness (QED) is 0.176. The highest BCUT2D eigenvalue weighted by atomic mass is 32.2. The predicted octanol–water partition coefficient (Wildman–Crippen LogP) is 4.62. The number of benzene rings is 2. The molecule has 1 saturated heterocycles. The van der Waals surface area contributed by atoms with E-state index in [9.17, 15) is 4.79 Å². The van der Waals surface area contributed by atoms with Crippen molar-refractivity contribution in [3.63, 3.8) is 0 Å². The van der Waals surface area contributed by atoms with Crippen LogP contribution in [0.1, 0.15) is 23.9 Å². The van der Waals surface area contributed by atoms with E-state index in [1.807, 2.05) is 20.2 Å². The molecule has 9 nitrogen and oxygen atoms in total. The fourth-order valence-electron chi connectivity index (χ4n) is 5.11. The third kappa shape index (κ3) is 6.00. The maximum absolute atomic E-state index is 12.7. The van der Waals surface area contributed by atoms with Gasteiger partial charge in [0.05, 0.1) is 48.2 Å². The Kier molecular flexibility index (Phi) is 8.31. The van der Waals surface area contributed by atoms with Crippen molar-refractivity contribution in [2.75, 3.05) is 49.8 Å². The fourth-order valence-corrected chi connectivity index (χ4v) is 7.51. The van der Waals surface area contributed by atoms with Gasteiger partial charge in [0.1, 0.15) is 0 Å². The molecule has 1 atom stereocenters. The van der Waals surface area contributed by atoms with Crippen LogP contribution < -0.4 is 26.6 Å². The van der Waals surface area contributed by atoms with Gasteiger partial charge in [0, 0.05) is 56.2 Å². The van der Waals surface area contributed by atoms with Gasteiger partial charge in [0.15, 0.2) is 0 Å². The molecule has 1 unspecified atom stereocenters. The Morgan fingerprint density at radius 2 is 1.93 bits per heavy atom. The molecule has 0 spiro atoms. The molecule has 2 aromatic heterocycles. The average molecular weight is 588 g/mol. The monoisotopic (exact) mass is 587 g/mol. The summed E-state index contributed by atoms with van der Waals surface area (Å²) in [5.41, 5.74) is 5.31. The van der Waals surface area contributed by atoms with Crippen LogP contribution in [0.5, 0.6) is 0 Å². The Hall–Kier alpha value is -3.35. The van der Waals surface area contributed by atoms with Crippen LogP contribution in [0.3, 0.4) is 0 Å². The second-order valence-corrected chi connectivity index (χ2v) is 12.2. The summed E-state index contributed by atoms with van der Waals surface area (Å²) in [6.45, 7) is 5.63. The minimum Gasteiger partial charge on any atom is -0.378 e. The van der Waals surface area contributed by atoms with Crippen LogP contribution in [0.4, 0.5) is 11.4 Å². The van der Waals surface area contributed by atoms with E-state index in [0.717, 1.165) is 79.7 Å². The first kappa shape index (κ1) is 27.8. The van der Waals surface area contributed by atoms with Gasteiger partial charge >= 0.3 is 0 Å². The smallest absolute Gasteiger partial charge is 0.250 e. The standard InChI is InChI=1S/C30H33N7O2S2/c1-19-17-34-24(18-33-19)25(8-9-32-2)37(31)20-6-7-26-28(15-20)40-27-5-3-4-22(30(27)41-26)23-14-21(16-29(38)35-23)36-10-12-39-13-11-36/h3-7,14-18,25,32H,8-13,31H2,1-2H3,(H,35,38). The van der Waals surface area contributed by atoms with Gasteiger partial charge in [-0.05, 0) is 57.3 Å². The van der Waals surface area contributed by atoms with Gasteiger partial charge < -0.3 is 24.9 Å². The minimum atomic E-state index is -0.121. The lowest BCUT2D eigenvalue weighted by atomic mass is 10.1. The number of anilines is 2. The average Bonchev–Trinajstić information content (AvgIpc) is 3.00. The van der Waals surface area contributed by atoms with E-state index in [0.29, 0.717) is 13.2 Å². The maximum Gasteiger partial charge on any atom is 0.250 e. The second-order valence-electron chi connectivity index (χ2n) is 10.1. The molecule has 212 valence electrons. The van der Waals surface area contributed by atoms with Gasteiger partial charge in [-0.25, -0.2) is 5.84 Å². The van der Waals surface area contributed by atoms with Crippen molar-refractivity contribution in [1.29, 1.82) is 0 Å². The molecule has 0 bridgehead atoms. The number of nitrogens with two attached hydrogens (primary N) is 1. The van der Waals surface area contributed by atoms with Gasteiger partial charge in [-0.15, -0.1) is 0 Å². The summed E-state index contributed by atoms with van der Waals surface area (Å²) < 4.78 is 5.50. The molecule has 11 heteroatoms. The van der Waals surface area contributed by atoms with Gasteiger partial charge in [0.2, 0.25) is 5.56 Å². The number of ether oxygens (including phenoxy) is 1. The van der Waals surface area contributed by atoms with E-state index in [1.54, 1.807) is 40.8 Å². The molecular formula is C30H33N7O2S2. The Balaban J connectivity index is 1.29. The summed E-state index contributed by atoms with van der Waals surface area (Å²) in [4.78, 5) is 31.6. The molecule has 2 aliphatic heterocycles. The van der Waals surface area contributed by atoms with Crippen molar-refractivity contribution in [3.05, 3.63) is 82.7 Å². The lowest BCUT2D eigenvalue weighted by Gasteiger charge is -2.30. The molecule has 1 fully saturated rings. The van der Waals surface area contributed by atoms with E-state index in [1.165, 1.54) is 0 Å². The predicted molar refractivity (Wildman–Crippen MR) is 165 cm³/mol. The molecule has 4 aromatic rings. The third-order valence-corrected chi connectivity index (χ3v) is 9.87. The minimum absolute atomic E-state index is 0.103. The van der Waals surface area contributed by atoms with E-state index in [4.69, 9.17) is 10.6 Å². The normalized spacial score (nSPS) is 15.2.